The Hall–Kier alpha value is -2.17. The van der Waals surface area contributed by atoms with Crippen molar-refractivity contribution in [2.24, 2.45) is 0 Å². The average Bonchev–Trinajstić information content (AvgIpc) is 2.72. The Labute approximate surface area is 138 Å². The number of aryl methyl sites for hydroxylation is 1. The lowest BCUT2D eigenvalue weighted by Gasteiger charge is -2.22. The highest BCUT2D eigenvalue weighted by Gasteiger charge is 2.53. The number of cyclic esters (lactones) is 1. The van der Waals surface area contributed by atoms with Crippen molar-refractivity contribution in [2.45, 2.75) is 25.6 Å². The molecule has 23 heavy (non-hydrogen) atoms. The van der Waals surface area contributed by atoms with Crippen LogP contribution in [0.4, 0.5) is 0 Å². The number of rotatable bonds is 2. The number of ketones is 1. The first-order chi connectivity index (χ1) is 10.8. The van der Waals surface area contributed by atoms with Gasteiger partial charge in [0, 0.05) is 10.6 Å². The van der Waals surface area contributed by atoms with Crippen LogP contribution in [0.15, 0.2) is 42.5 Å². The second kappa shape index (κ2) is 5.48. The molecule has 2 unspecified atom stereocenters. The molecular formula is C18H15ClO4. The van der Waals surface area contributed by atoms with Crippen LogP contribution in [0.25, 0.3) is 11.1 Å². The second-order valence-electron chi connectivity index (χ2n) is 5.78. The third kappa shape index (κ3) is 2.54. The smallest absolute Gasteiger partial charge is 0.344 e. The van der Waals surface area contributed by atoms with E-state index >= 15 is 0 Å². The molecule has 2 aromatic carbocycles. The van der Waals surface area contributed by atoms with E-state index in [0.717, 1.165) is 16.7 Å². The van der Waals surface area contributed by atoms with Crippen molar-refractivity contribution < 1.29 is 19.4 Å². The molecule has 3 rings (SSSR count). The molecule has 118 valence electrons. The van der Waals surface area contributed by atoms with Crippen molar-refractivity contribution in [1.29, 1.82) is 0 Å². The number of aliphatic hydroxyl groups excluding tert-OH is 1. The number of carbonyl (C=O) groups excluding carboxylic acids is 2. The second-order valence-corrected chi connectivity index (χ2v) is 6.19. The molecular weight excluding hydrogens is 316 g/mol. The summed E-state index contributed by atoms with van der Waals surface area (Å²) in [5.74, 6) is -1.65. The topological polar surface area (TPSA) is 63.6 Å². The van der Waals surface area contributed by atoms with Gasteiger partial charge in [0.1, 0.15) is 0 Å². The summed E-state index contributed by atoms with van der Waals surface area (Å²) < 4.78 is 5.08. The van der Waals surface area contributed by atoms with Gasteiger partial charge in [-0.1, -0.05) is 53.6 Å². The van der Waals surface area contributed by atoms with Gasteiger partial charge >= 0.3 is 5.97 Å². The lowest BCUT2D eigenvalue weighted by Crippen LogP contribution is -2.33. The number of halogens is 1. The van der Waals surface area contributed by atoms with Crippen LogP contribution in [0.1, 0.15) is 18.1 Å². The van der Waals surface area contributed by atoms with Gasteiger partial charge < -0.3 is 9.84 Å². The molecule has 0 bridgehead atoms. The summed E-state index contributed by atoms with van der Waals surface area (Å²) in [5, 5.41) is 9.85. The number of ether oxygens (including phenoxy) is 1. The zero-order valence-electron chi connectivity index (χ0n) is 12.7. The molecule has 0 radical (unpaired) electrons. The minimum absolute atomic E-state index is 0.306. The van der Waals surface area contributed by atoms with E-state index in [1.807, 2.05) is 37.3 Å². The minimum Gasteiger partial charge on any atom is -0.444 e. The Morgan fingerprint density at radius 1 is 1.09 bits per heavy atom. The van der Waals surface area contributed by atoms with Gasteiger partial charge in [0.15, 0.2) is 5.60 Å². The maximum Gasteiger partial charge on any atom is 0.344 e. The summed E-state index contributed by atoms with van der Waals surface area (Å²) in [5.41, 5.74) is 1.84. The lowest BCUT2D eigenvalue weighted by molar-refractivity contribution is -0.153. The molecule has 0 amide bonds. The summed E-state index contributed by atoms with van der Waals surface area (Å²) >= 11 is 6.32. The van der Waals surface area contributed by atoms with Crippen molar-refractivity contribution in [2.75, 3.05) is 0 Å². The molecule has 1 aliphatic heterocycles. The molecule has 1 saturated heterocycles. The summed E-state index contributed by atoms with van der Waals surface area (Å²) in [6, 6.07) is 13.1. The first-order valence-corrected chi connectivity index (χ1v) is 7.53. The fourth-order valence-corrected chi connectivity index (χ4v) is 3.05. The third-order valence-corrected chi connectivity index (χ3v) is 4.43. The molecule has 5 heteroatoms. The largest absolute Gasteiger partial charge is 0.444 e. The predicted molar refractivity (Wildman–Crippen MR) is 86.1 cm³/mol. The van der Waals surface area contributed by atoms with Crippen LogP contribution in [0.3, 0.4) is 0 Å². The molecule has 2 aromatic rings. The van der Waals surface area contributed by atoms with Crippen LogP contribution >= 0.6 is 11.6 Å². The van der Waals surface area contributed by atoms with Crippen molar-refractivity contribution in [3.8, 4) is 11.1 Å². The Bertz CT molecular complexity index is 797. The van der Waals surface area contributed by atoms with Gasteiger partial charge in [-0.25, -0.2) is 4.79 Å². The number of hydrogen-bond donors (Lipinski definition) is 1. The fourth-order valence-electron chi connectivity index (χ4n) is 2.69. The number of carbonyl (C=O) groups is 2. The molecule has 0 spiro atoms. The number of benzene rings is 2. The predicted octanol–water partition coefficient (Wildman–Crippen LogP) is 3.02. The van der Waals surface area contributed by atoms with Crippen LogP contribution < -0.4 is 0 Å². The zero-order chi connectivity index (χ0) is 16.8. The molecule has 1 aliphatic rings. The van der Waals surface area contributed by atoms with Gasteiger partial charge in [-0.15, -0.1) is 0 Å². The summed E-state index contributed by atoms with van der Waals surface area (Å²) in [4.78, 5) is 23.6. The van der Waals surface area contributed by atoms with E-state index in [0.29, 0.717) is 10.6 Å². The van der Waals surface area contributed by atoms with Crippen molar-refractivity contribution in [1.82, 2.24) is 0 Å². The Morgan fingerprint density at radius 3 is 2.22 bits per heavy atom. The van der Waals surface area contributed by atoms with E-state index in [-0.39, 0.29) is 0 Å². The maximum absolute atomic E-state index is 12.1. The number of aliphatic hydroxyl groups is 1. The average molecular weight is 331 g/mol. The SMILES string of the molecule is Cc1ccc(-c2ccc(C3(C)OC(=O)C(O)C3=O)c(Cl)c2)cc1. The standard InChI is InChI=1S/C18H15ClO4/c1-10-3-5-11(6-4-10)12-7-8-13(14(19)9-12)18(2)16(21)15(20)17(22)23-18/h3-9,15,20H,1-2H3. The highest BCUT2D eigenvalue weighted by atomic mass is 35.5. The quantitative estimate of drug-likeness (QED) is 0.679. The molecule has 1 N–H and O–H groups in total. The van der Waals surface area contributed by atoms with Gasteiger partial charge in [0.05, 0.1) is 0 Å². The van der Waals surface area contributed by atoms with E-state index in [1.54, 1.807) is 12.1 Å². The first-order valence-electron chi connectivity index (χ1n) is 7.15. The zero-order valence-corrected chi connectivity index (χ0v) is 13.4. The molecule has 2 atom stereocenters. The monoisotopic (exact) mass is 330 g/mol. The molecule has 1 heterocycles. The van der Waals surface area contributed by atoms with Gasteiger partial charge in [0.2, 0.25) is 11.9 Å². The number of Topliss-reactive ketones (excluding diaryl/α,β-unsaturated/α-hetero) is 1. The Kier molecular flexibility index (Phi) is 3.74. The van der Waals surface area contributed by atoms with Crippen LogP contribution in [-0.4, -0.2) is 23.0 Å². The normalized spacial score (nSPS) is 23.9. The molecule has 0 aromatic heterocycles. The molecule has 0 saturated carbocycles. The Balaban J connectivity index is 2.02. The fraction of sp³-hybridized carbons (Fsp3) is 0.222. The van der Waals surface area contributed by atoms with Crippen LogP contribution in [0.2, 0.25) is 5.02 Å². The van der Waals surface area contributed by atoms with Gasteiger partial charge in [0.25, 0.3) is 0 Å². The molecule has 4 nitrogen and oxygen atoms in total. The van der Waals surface area contributed by atoms with E-state index in [9.17, 15) is 14.7 Å². The molecule has 1 fully saturated rings. The summed E-state index contributed by atoms with van der Waals surface area (Å²) in [6.45, 7) is 3.45. The van der Waals surface area contributed by atoms with E-state index < -0.39 is 23.5 Å². The highest BCUT2D eigenvalue weighted by molar-refractivity contribution is 6.32. The highest BCUT2D eigenvalue weighted by Crippen LogP contribution is 2.39. The summed E-state index contributed by atoms with van der Waals surface area (Å²) in [7, 11) is 0. The maximum atomic E-state index is 12.1. The van der Waals surface area contributed by atoms with Crippen LogP contribution in [0.5, 0.6) is 0 Å². The molecule has 0 aliphatic carbocycles. The van der Waals surface area contributed by atoms with Crippen molar-refractivity contribution in [3.05, 3.63) is 58.6 Å². The lowest BCUT2D eigenvalue weighted by atomic mass is 9.89. The summed E-state index contributed by atoms with van der Waals surface area (Å²) in [6.07, 6.45) is -1.76. The first kappa shape index (κ1) is 15.7. The van der Waals surface area contributed by atoms with Gasteiger partial charge in [-0.3, -0.25) is 4.79 Å². The van der Waals surface area contributed by atoms with E-state index in [1.165, 1.54) is 6.92 Å². The van der Waals surface area contributed by atoms with Gasteiger partial charge in [-0.2, -0.15) is 0 Å². The van der Waals surface area contributed by atoms with Gasteiger partial charge in [-0.05, 0) is 31.0 Å². The minimum atomic E-state index is -1.76. The number of esters is 1. The van der Waals surface area contributed by atoms with Crippen LogP contribution in [-0.2, 0) is 19.9 Å². The van der Waals surface area contributed by atoms with Crippen molar-refractivity contribution >= 4 is 23.4 Å². The van der Waals surface area contributed by atoms with E-state index in [4.69, 9.17) is 16.3 Å². The van der Waals surface area contributed by atoms with Crippen LogP contribution in [0, 0.1) is 6.92 Å². The number of hydrogen-bond acceptors (Lipinski definition) is 4. The van der Waals surface area contributed by atoms with Crippen molar-refractivity contribution in [3.63, 3.8) is 0 Å². The third-order valence-electron chi connectivity index (χ3n) is 4.11. The Morgan fingerprint density at radius 2 is 1.70 bits per heavy atom. The van der Waals surface area contributed by atoms with E-state index in [2.05, 4.69) is 0 Å².